The molecule has 0 aliphatic rings. The number of nitrogens with one attached hydrogen (secondary N) is 2. The maximum absolute atomic E-state index is 12.9. The second-order valence-corrected chi connectivity index (χ2v) is 9.53. The van der Waals surface area contributed by atoms with Gasteiger partial charge in [0, 0.05) is 10.9 Å². The number of para-hydroxylation sites is 1. The number of carbonyl (C=O) groups is 1. The molecule has 1 aromatic carbocycles. The van der Waals surface area contributed by atoms with Crippen molar-refractivity contribution in [3.8, 4) is 17.1 Å². The molecule has 10 heteroatoms. The van der Waals surface area contributed by atoms with E-state index in [2.05, 4.69) is 15.1 Å². The second-order valence-electron chi connectivity index (χ2n) is 6.25. The van der Waals surface area contributed by atoms with Gasteiger partial charge in [-0.2, -0.15) is 5.10 Å². The van der Waals surface area contributed by atoms with Gasteiger partial charge in [-0.15, -0.1) is 11.3 Å². The van der Waals surface area contributed by atoms with E-state index < -0.39 is 10.0 Å². The number of carbonyl (C=O) groups excluding carboxylic acids is 1. The molecule has 4 rings (SSSR count). The fourth-order valence-electron chi connectivity index (χ4n) is 2.81. The minimum atomic E-state index is -3.50. The molecule has 0 saturated carbocycles. The van der Waals surface area contributed by atoms with Crippen LogP contribution in [0.5, 0.6) is 0 Å². The van der Waals surface area contributed by atoms with E-state index in [1.165, 1.54) is 13.1 Å². The number of hydrogen-bond donors (Lipinski definition) is 2. The molecule has 154 valence electrons. The van der Waals surface area contributed by atoms with Gasteiger partial charge in [0.1, 0.15) is 15.6 Å². The zero-order valence-corrected chi connectivity index (χ0v) is 17.5. The van der Waals surface area contributed by atoms with Crippen LogP contribution in [0.4, 0.5) is 0 Å². The van der Waals surface area contributed by atoms with Crippen molar-refractivity contribution in [2.75, 3.05) is 7.05 Å². The Morgan fingerprint density at radius 1 is 1.13 bits per heavy atom. The predicted octanol–water partition coefficient (Wildman–Crippen LogP) is 3.03. The molecular weight excluding hydrogens is 424 g/mol. The van der Waals surface area contributed by atoms with E-state index in [1.807, 2.05) is 30.3 Å². The lowest BCUT2D eigenvalue weighted by molar-refractivity contribution is 0.0943. The Balaban J connectivity index is 1.59. The lowest BCUT2D eigenvalue weighted by Crippen LogP contribution is -2.25. The average molecular weight is 443 g/mol. The molecule has 2 N–H and O–H groups in total. The Bertz CT molecular complexity index is 1260. The van der Waals surface area contributed by atoms with Crippen LogP contribution in [0.3, 0.4) is 0 Å². The zero-order chi connectivity index (χ0) is 21.1. The Labute approximate surface area is 177 Å². The van der Waals surface area contributed by atoms with Crippen LogP contribution >= 0.6 is 11.3 Å². The summed E-state index contributed by atoms with van der Waals surface area (Å²) < 4.78 is 33.2. The molecule has 0 atom stereocenters. The number of rotatable bonds is 7. The van der Waals surface area contributed by atoms with E-state index in [9.17, 15) is 13.2 Å². The molecule has 1 amide bonds. The smallest absolute Gasteiger partial charge is 0.270 e. The molecule has 0 spiro atoms. The molecule has 3 aromatic heterocycles. The molecule has 0 unspecified atom stereocenters. The van der Waals surface area contributed by atoms with Crippen molar-refractivity contribution in [1.29, 1.82) is 0 Å². The summed E-state index contributed by atoms with van der Waals surface area (Å²) in [5.41, 5.74) is 1.61. The highest BCUT2D eigenvalue weighted by molar-refractivity contribution is 7.91. The molecule has 8 nitrogen and oxygen atoms in total. The van der Waals surface area contributed by atoms with Crippen molar-refractivity contribution < 1.29 is 17.6 Å². The van der Waals surface area contributed by atoms with Gasteiger partial charge >= 0.3 is 0 Å². The van der Waals surface area contributed by atoms with Crippen molar-refractivity contribution in [2.24, 2.45) is 0 Å². The molecule has 0 aliphatic carbocycles. The van der Waals surface area contributed by atoms with Crippen LogP contribution in [0.25, 0.3) is 17.1 Å². The molecule has 0 aliphatic heterocycles. The summed E-state index contributed by atoms with van der Waals surface area (Å²) in [5, 5.41) is 7.36. The highest BCUT2D eigenvalue weighted by Crippen LogP contribution is 2.23. The summed E-state index contributed by atoms with van der Waals surface area (Å²) in [5.74, 6) is 0.217. The fourth-order valence-corrected chi connectivity index (χ4v) is 4.94. The Morgan fingerprint density at radius 2 is 1.93 bits per heavy atom. The summed E-state index contributed by atoms with van der Waals surface area (Å²) in [6, 6.07) is 17.7. The van der Waals surface area contributed by atoms with E-state index in [-0.39, 0.29) is 16.7 Å². The molecule has 0 bridgehead atoms. The summed E-state index contributed by atoms with van der Waals surface area (Å²) in [6.07, 6.45) is 1.55. The van der Waals surface area contributed by atoms with Gasteiger partial charge < -0.3 is 9.73 Å². The van der Waals surface area contributed by atoms with Crippen LogP contribution in [0.15, 0.2) is 75.6 Å². The van der Waals surface area contributed by atoms with Crippen molar-refractivity contribution in [1.82, 2.24) is 19.8 Å². The molecule has 3 heterocycles. The van der Waals surface area contributed by atoms with Gasteiger partial charge in [-0.1, -0.05) is 18.2 Å². The SMILES string of the molecule is CNS(=O)(=O)c1ccc(CNC(=O)c2cc(-c3ccco3)nn2-c2ccccc2)s1. The first-order chi connectivity index (χ1) is 14.5. The van der Waals surface area contributed by atoms with Gasteiger partial charge in [-0.25, -0.2) is 17.8 Å². The quantitative estimate of drug-likeness (QED) is 0.458. The molecule has 0 radical (unpaired) electrons. The van der Waals surface area contributed by atoms with Gasteiger partial charge in [-0.05, 0) is 43.4 Å². The lowest BCUT2D eigenvalue weighted by Gasteiger charge is -2.07. The first-order valence-corrected chi connectivity index (χ1v) is 11.3. The normalized spacial score (nSPS) is 11.5. The number of hydrogen-bond acceptors (Lipinski definition) is 6. The van der Waals surface area contributed by atoms with E-state index in [4.69, 9.17) is 4.42 Å². The van der Waals surface area contributed by atoms with Gasteiger partial charge in [-0.3, -0.25) is 4.79 Å². The highest BCUT2D eigenvalue weighted by Gasteiger charge is 2.19. The lowest BCUT2D eigenvalue weighted by atomic mass is 10.2. The number of sulfonamides is 1. The molecule has 0 fully saturated rings. The van der Waals surface area contributed by atoms with Crippen LogP contribution in [-0.4, -0.2) is 31.2 Å². The standard InChI is InChI=1S/C20H18N4O4S2/c1-21-30(26,27)19-10-9-15(29-19)13-22-20(25)17-12-16(18-8-5-11-28-18)23-24(17)14-6-3-2-4-7-14/h2-12,21H,13H2,1H3,(H,22,25). The van der Waals surface area contributed by atoms with Gasteiger partial charge in [0.15, 0.2) is 5.76 Å². The number of benzene rings is 1. The number of furan rings is 1. The third kappa shape index (κ3) is 4.06. The molecule has 4 aromatic rings. The topological polar surface area (TPSA) is 106 Å². The fraction of sp³-hybridized carbons (Fsp3) is 0.100. The van der Waals surface area contributed by atoms with Crippen molar-refractivity contribution in [2.45, 2.75) is 10.8 Å². The van der Waals surface area contributed by atoms with Crippen LogP contribution in [-0.2, 0) is 16.6 Å². The van der Waals surface area contributed by atoms with Crippen molar-refractivity contribution in [3.63, 3.8) is 0 Å². The second kappa shape index (κ2) is 8.27. The third-order valence-electron chi connectivity index (χ3n) is 4.31. The summed E-state index contributed by atoms with van der Waals surface area (Å²) in [7, 11) is -2.14. The van der Waals surface area contributed by atoms with Crippen LogP contribution in [0.2, 0.25) is 0 Å². The Kier molecular flexibility index (Phi) is 5.53. The molecule has 0 saturated heterocycles. The average Bonchev–Trinajstić information content (AvgIpc) is 3.53. The number of amides is 1. The van der Waals surface area contributed by atoms with Crippen molar-refractivity contribution >= 4 is 27.3 Å². The van der Waals surface area contributed by atoms with E-state index in [0.717, 1.165) is 17.0 Å². The summed E-state index contributed by atoms with van der Waals surface area (Å²) >= 11 is 1.10. The van der Waals surface area contributed by atoms with Gasteiger partial charge in [0.25, 0.3) is 5.91 Å². The number of nitrogens with zero attached hydrogens (tertiary/aromatic N) is 2. The Hall–Kier alpha value is -3.21. The van der Waals surface area contributed by atoms with Crippen molar-refractivity contribution in [3.05, 3.63) is 77.5 Å². The third-order valence-corrected chi connectivity index (χ3v) is 7.30. The minimum absolute atomic E-state index is 0.193. The van der Waals surface area contributed by atoms with E-state index >= 15 is 0 Å². The highest BCUT2D eigenvalue weighted by atomic mass is 32.2. The first-order valence-electron chi connectivity index (χ1n) is 8.98. The maximum atomic E-state index is 12.9. The number of thiophene rings is 1. The van der Waals surface area contributed by atoms with Crippen LogP contribution in [0.1, 0.15) is 15.4 Å². The largest absolute Gasteiger partial charge is 0.463 e. The first kappa shape index (κ1) is 20.1. The molecular formula is C20H18N4O4S2. The van der Waals surface area contributed by atoms with Gasteiger partial charge in [0.2, 0.25) is 10.0 Å². The Morgan fingerprint density at radius 3 is 2.63 bits per heavy atom. The minimum Gasteiger partial charge on any atom is -0.463 e. The molecule has 30 heavy (non-hydrogen) atoms. The van der Waals surface area contributed by atoms with Gasteiger partial charge in [0.05, 0.1) is 18.5 Å². The summed E-state index contributed by atoms with van der Waals surface area (Å²) in [6.45, 7) is 0.193. The van der Waals surface area contributed by atoms with Crippen LogP contribution < -0.4 is 10.0 Å². The van der Waals surface area contributed by atoms with E-state index in [1.54, 1.807) is 35.2 Å². The monoisotopic (exact) mass is 442 g/mol. The zero-order valence-electron chi connectivity index (χ0n) is 15.9. The van der Waals surface area contributed by atoms with E-state index in [0.29, 0.717) is 22.0 Å². The van der Waals surface area contributed by atoms with Crippen LogP contribution in [0, 0.1) is 0 Å². The maximum Gasteiger partial charge on any atom is 0.270 e. The number of aromatic nitrogens is 2. The summed E-state index contributed by atoms with van der Waals surface area (Å²) in [4.78, 5) is 13.6. The predicted molar refractivity (Wildman–Crippen MR) is 113 cm³/mol.